The van der Waals surface area contributed by atoms with E-state index in [4.69, 9.17) is 5.11 Å². The van der Waals surface area contributed by atoms with Gasteiger partial charge in [0.15, 0.2) is 0 Å². The van der Waals surface area contributed by atoms with Crippen LogP contribution in [-0.2, 0) is 16.1 Å². The zero-order chi connectivity index (χ0) is 14.1. The van der Waals surface area contributed by atoms with Gasteiger partial charge in [-0.1, -0.05) is 17.3 Å². The minimum absolute atomic E-state index is 0.0901. The number of carbonyl (C=O) groups excluding carboxylic acids is 1. The summed E-state index contributed by atoms with van der Waals surface area (Å²) in [7, 11) is 0. The monoisotopic (exact) mass is 274 g/mol. The maximum atomic E-state index is 12.2. The third-order valence-corrected chi connectivity index (χ3v) is 3.60. The molecule has 2 heterocycles. The first-order chi connectivity index (χ1) is 9.65. The Balaban J connectivity index is 1.72. The first-order valence-corrected chi connectivity index (χ1v) is 6.44. The van der Waals surface area contributed by atoms with Crippen LogP contribution in [0.15, 0.2) is 24.3 Å². The van der Waals surface area contributed by atoms with Crippen molar-refractivity contribution in [3.63, 3.8) is 0 Å². The predicted molar refractivity (Wildman–Crippen MR) is 69.9 cm³/mol. The van der Waals surface area contributed by atoms with Crippen LogP contribution in [0.5, 0.6) is 0 Å². The largest absolute Gasteiger partial charge is 0.481 e. The van der Waals surface area contributed by atoms with Crippen LogP contribution in [-0.4, -0.2) is 50.0 Å². The van der Waals surface area contributed by atoms with Crippen molar-refractivity contribution in [3.8, 4) is 0 Å². The first-order valence-electron chi connectivity index (χ1n) is 6.44. The van der Waals surface area contributed by atoms with Crippen LogP contribution >= 0.6 is 0 Å². The summed E-state index contributed by atoms with van der Waals surface area (Å²) in [5, 5.41) is 16.9. The minimum Gasteiger partial charge on any atom is -0.481 e. The number of rotatable bonds is 3. The van der Waals surface area contributed by atoms with E-state index in [9.17, 15) is 9.59 Å². The number of benzene rings is 1. The standard InChI is InChI=1S/C13H14N4O3/c18-12(16-6-5-9(7-16)13(19)20)8-17-11-4-2-1-3-10(11)14-15-17/h1-4,9H,5-8H2,(H,19,20)/t9-/m1/s1. The van der Waals surface area contributed by atoms with Crippen molar-refractivity contribution >= 4 is 22.9 Å². The van der Waals surface area contributed by atoms with Crippen LogP contribution in [0.1, 0.15) is 6.42 Å². The molecule has 1 aliphatic heterocycles. The summed E-state index contributed by atoms with van der Waals surface area (Å²) in [5.74, 6) is -1.41. The van der Waals surface area contributed by atoms with Crippen molar-refractivity contribution in [2.45, 2.75) is 13.0 Å². The molecule has 7 heteroatoms. The lowest BCUT2D eigenvalue weighted by atomic mass is 10.1. The molecule has 0 saturated carbocycles. The van der Waals surface area contributed by atoms with Crippen molar-refractivity contribution in [3.05, 3.63) is 24.3 Å². The molecule has 2 aromatic rings. The summed E-state index contributed by atoms with van der Waals surface area (Å²) in [6.07, 6.45) is 0.513. The molecular weight excluding hydrogens is 260 g/mol. The van der Waals surface area contributed by atoms with E-state index in [1.807, 2.05) is 24.3 Å². The fraction of sp³-hybridized carbons (Fsp3) is 0.385. The first kappa shape index (κ1) is 12.6. The number of hydrogen-bond acceptors (Lipinski definition) is 4. The lowest BCUT2D eigenvalue weighted by Crippen LogP contribution is -2.33. The van der Waals surface area contributed by atoms with Crippen molar-refractivity contribution in [2.75, 3.05) is 13.1 Å². The molecule has 1 fully saturated rings. The van der Waals surface area contributed by atoms with Gasteiger partial charge in [-0.05, 0) is 18.6 Å². The smallest absolute Gasteiger partial charge is 0.308 e. The Morgan fingerprint density at radius 2 is 2.15 bits per heavy atom. The van der Waals surface area contributed by atoms with Gasteiger partial charge < -0.3 is 10.0 Å². The highest BCUT2D eigenvalue weighted by atomic mass is 16.4. The van der Waals surface area contributed by atoms with E-state index in [0.717, 1.165) is 11.0 Å². The minimum atomic E-state index is -0.841. The number of carboxylic acid groups (broad SMARTS) is 1. The molecule has 0 unspecified atom stereocenters. The van der Waals surface area contributed by atoms with E-state index in [1.54, 1.807) is 9.58 Å². The molecule has 1 atom stereocenters. The molecule has 0 aliphatic carbocycles. The molecule has 7 nitrogen and oxygen atoms in total. The van der Waals surface area contributed by atoms with Gasteiger partial charge in [0, 0.05) is 13.1 Å². The molecule has 1 aliphatic rings. The number of para-hydroxylation sites is 1. The molecule has 1 N–H and O–H groups in total. The highest BCUT2D eigenvalue weighted by Crippen LogP contribution is 2.17. The van der Waals surface area contributed by atoms with Crippen molar-refractivity contribution in [1.82, 2.24) is 19.9 Å². The number of hydrogen-bond donors (Lipinski definition) is 1. The molecule has 0 spiro atoms. The van der Waals surface area contributed by atoms with Crippen LogP contribution in [0, 0.1) is 5.92 Å². The van der Waals surface area contributed by atoms with E-state index in [1.165, 1.54) is 0 Å². The average Bonchev–Trinajstić information content (AvgIpc) is 3.06. The molecule has 1 aromatic carbocycles. The van der Waals surface area contributed by atoms with E-state index in [-0.39, 0.29) is 19.0 Å². The third-order valence-electron chi connectivity index (χ3n) is 3.60. The Morgan fingerprint density at radius 3 is 2.90 bits per heavy atom. The maximum absolute atomic E-state index is 12.2. The Bertz CT molecular complexity index is 666. The van der Waals surface area contributed by atoms with E-state index < -0.39 is 11.9 Å². The summed E-state index contributed by atoms with van der Waals surface area (Å²) >= 11 is 0. The zero-order valence-corrected chi connectivity index (χ0v) is 10.8. The van der Waals surface area contributed by atoms with Gasteiger partial charge in [0.2, 0.25) is 5.91 Å². The van der Waals surface area contributed by atoms with Crippen LogP contribution in [0.25, 0.3) is 11.0 Å². The van der Waals surface area contributed by atoms with Crippen molar-refractivity contribution in [2.24, 2.45) is 5.92 Å². The molecule has 1 amide bonds. The SMILES string of the molecule is O=C(O)[C@@H]1CCN(C(=O)Cn2nnc3ccccc32)C1. The summed E-state index contributed by atoms with van der Waals surface area (Å²) in [4.78, 5) is 24.6. The highest BCUT2D eigenvalue weighted by Gasteiger charge is 2.30. The van der Waals surface area contributed by atoms with Gasteiger partial charge in [-0.3, -0.25) is 9.59 Å². The number of amides is 1. The Labute approximate surface area is 114 Å². The van der Waals surface area contributed by atoms with E-state index in [0.29, 0.717) is 13.0 Å². The maximum Gasteiger partial charge on any atom is 0.308 e. The number of aliphatic carboxylic acids is 1. The van der Waals surface area contributed by atoms with Gasteiger partial charge in [-0.2, -0.15) is 0 Å². The molecule has 104 valence electrons. The van der Waals surface area contributed by atoms with Gasteiger partial charge >= 0.3 is 5.97 Å². The summed E-state index contributed by atoms with van der Waals surface area (Å²) in [6.45, 7) is 0.857. The topological polar surface area (TPSA) is 88.3 Å². The normalized spacial score (nSPS) is 18.6. The van der Waals surface area contributed by atoms with Gasteiger partial charge in [0.25, 0.3) is 0 Å². The Hall–Kier alpha value is -2.44. The summed E-state index contributed by atoms with van der Waals surface area (Å²) in [6, 6.07) is 7.41. The highest BCUT2D eigenvalue weighted by molar-refractivity contribution is 5.81. The van der Waals surface area contributed by atoms with Gasteiger partial charge in [-0.25, -0.2) is 4.68 Å². The number of fused-ring (bicyclic) bond motifs is 1. The molecule has 0 bridgehead atoms. The van der Waals surface area contributed by atoms with Gasteiger partial charge in [-0.15, -0.1) is 5.10 Å². The van der Waals surface area contributed by atoms with Gasteiger partial charge in [0.05, 0.1) is 11.4 Å². The van der Waals surface area contributed by atoms with Crippen LogP contribution in [0.2, 0.25) is 0 Å². The van der Waals surface area contributed by atoms with Crippen LogP contribution in [0.3, 0.4) is 0 Å². The molecule has 20 heavy (non-hydrogen) atoms. The molecule has 3 rings (SSSR count). The zero-order valence-electron chi connectivity index (χ0n) is 10.8. The average molecular weight is 274 g/mol. The van der Waals surface area contributed by atoms with Crippen molar-refractivity contribution in [1.29, 1.82) is 0 Å². The molecule has 1 saturated heterocycles. The van der Waals surface area contributed by atoms with Crippen LogP contribution < -0.4 is 0 Å². The van der Waals surface area contributed by atoms with E-state index in [2.05, 4.69) is 10.3 Å². The fourth-order valence-electron chi connectivity index (χ4n) is 2.45. The fourth-order valence-corrected chi connectivity index (χ4v) is 2.45. The number of nitrogens with zero attached hydrogens (tertiary/aromatic N) is 4. The number of aromatic nitrogens is 3. The lowest BCUT2D eigenvalue weighted by molar-refractivity contribution is -0.141. The molecular formula is C13H14N4O3. The number of likely N-dealkylation sites (tertiary alicyclic amines) is 1. The van der Waals surface area contributed by atoms with Gasteiger partial charge in [0.1, 0.15) is 12.1 Å². The number of carbonyl (C=O) groups is 2. The van der Waals surface area contributed by atoms with Crippen LogP contribution in [0.4, 0.5) is 0 Å². The summed E-state index contributed by atoms with van der Waals surface area (Å²) < 4.78 is 1.55. The molecule has 1 aromatic heterocycles. The quantitative estimate of drug-likeness (QED) is 0.873. The van der Waals surface area contributed by atoms with Crippen molar-refractivity contribution < 1.29 is 14.7 Å². The Kier molecular flexibility index (Phi) is 3.09. The number of carboxylic acids is 1. The third kappa shape index (κ3) is 2.22. The lowest BCUT2D eigenvalue weighted by Gasteiger charge is -2.15. The second-order valence-electron chi connectivity index (χ2n) is 4.90. The van der Waals surface area contributed by atoms with E-state index >= 15 is 0 Å². The summed E-state index contributed by atoms with van der Waals surface area (Å²) in [5.41, 5.74) is 1.54. The predicted octanol–water partition coefficient (Wildman–Crippen LogP) is 0.364. The second kappa shape index (κ2) is 4.92. The second-order valence-corrected chi connectivity index (χ2v) is 4.90. The molecule has 0 radical (unpaired) electrons. The Morgan fingerprint density at radius 1 is 1.35 bits per heavy atom.